The van der Waals surface area contributed by atoms with Crippen molar-refractivity contribution in [2.75, 3.05) is 11.5 Å². The van der Waals surface area contributed by atoms with Gasteiger partial charge in [0.05, 0.1) is 12.3 Å². The molecule has 1 saturated heterocycles. The van der Waals surface area contributed by atoms with Gasteiger partial charge in [0.15, 0.2) is 0 Å². The first-order chi connectivity index (χ1) is 17.4. The van der Waals surface area contributed by atoms with Crippen molar-refractivity contribution in [1.82, 2.24) is 5.32 Å². The Balaban J connectivity index is 1.46. The number of rotatable bonds is 9. The largest absolute Gasteiger partial charge is 0.494 e. The van der Waals surface area contributed by atoms with Gasteiger partial charge in [0.25, 0.3) is 11.8 Å². The number of imide groups is 2. The third-order valence-corrected chi connectivity index (χ3v) is 5.68. The summed E-state index contributed by atoms with van der Waals surface area (Å²) < 4.78 is 11.5. The zero-order valence-electron chi connectivity index (χ0n) is 20.3. The van der Waals surface area contributed by atoms with Gasteiger partial charge in [0.1, 0.15) is 23.7 Å². The number of unbranched alkanes of at least 4 members (excludes halogenated alkanes) is 1. The highest BCUT2D eigenvalue weighted by molar-refractivity contribution is 6.39. The lowest BCUT2D eigenvalue weighted by atomic mass is 10.1. The van der Waals surface area contributed by atoms with E-state index in [1.54, 1.807) is 48.5 Å². The lowest BCUT2D eigenvalue weighted by Crippen LogP contribution is -2.54. The van der Waals surface area contributed by atoms with E-state index in [1.165, 1.54) is 11.6 Å². The van der Waals surface area contributed by atoms with Crippen molar-refractivity contribution in [3.8, 4) is 11.5 Å². The molecule has 0 unspecified atom stereocenters. The van der Waals surface area contributed by atoms with Gasteiger partial charge in [-0.25, -0.2) is 9.69 Å². The SMILES string of the molecule is CCCCOc1ccc(N2C(=O)NC(=O)/C(=C/c3ccc(OCc4ccc(C)cc4)cc3)C2=O)cc1. The van der Waals surface area contributed by atoms with Crippen molar-refractivity contribution in [2.45, 2.75) is 33.3 Å². The number of hydrogen-bond donors (Lipinski definition) is 1. The van der Waals surface area contributed by atoms with E-state index in [2.05, 4.69) is 12.2 Å². The Morgan fingerprint density at radius 3 is 2.14 bits per heavy atom. The summed E-state index contributed by atoms with van der Waals surface area (Å²) >= 11 is 0. The molecule has 0 radical (unpaired) electrons. The van der Waals surface area contributed by atoms with Gasteiger partial charge >= 0.3 is 6.03 Å². The molecule has 7 heteroatoms. The van der Waals surface area contributed by atoms with Crippen LogP contribution in [0.5, 0.6) is 11.5 Å². The van der Waals surface area contributed by atoms with Crippen LogP contribution < -0.4 is 19.7 Å². The number of carbonyl (C=O) groups excluding carboxylic acids is 3. The van der Waals surface area contributed by atoms with Crippen molar-refractivity contribution >= 4 is 29.6 Å². The summed E-state index contributed by atoms with van der Waals surface area (Å²) in [6.45, 7) is 5.13. The first-order valence-corrected chi connectivity index (χ1v) is 11.9. The lowest BCUT2D eigenvalue weighted by molar-refractivity contribution is -0.122. The first kappa shape index (κ1) is 24.7. The van der Waals surface area contributed by atoms with E-state index < -0.39 is 17.8 Å². The topological polar surface area (TPSA) is 84.9 Å². The maximum Gasteiger partial charge on any atom is 0.335 e. The highest BCUT2D eigenvalue weighted by Gasteiger charge is 2.36. The summed E-state index contributed by atoms with van der Waals surface area (Å²) in [5.41, 5.74) is 3.09. The Morgan fingerprint density at radius 1 is 0.833 bits per heavy atom. The predicted molar refractivity (Wildman–Crippen MR) is 138 cm³/mol. The molecule has 1 fully saturated rings. The molecule has 1 aliphatic rings. The molecule has 4 amide bonds. The second kappa shape index (κ2) is 11.4. The van der Waals surface area contributed by atoms with Crippen LogP contribution >= 0.6 is 0 Å². The summed E-state index contributed by atoms with van der Waals surface area (Å²) in [7, 11) is 0. The lowest BCUT2D eigenvalue weighted by Gasteiger charge is -2.26. The molecule has 0 bridgehead atoms. The number of barbiturate groups is 1. The van der Waals surface area contributed by atoms with Gasteiger partial charge in [0, 0.05) is 0 Å². The number of benzene rings is 3. The van der Waals surface area contributed by atoms with Gasteiger partial charge in [-0.1, -0.05) is 55.3 Å². The van der Waals surface area contributed by atoms with E-state index in [1.807, 2.05) is 31.2 Å². The molecule has 184 valence electrons. The summed E-state index contributed by atoms with van der Waals surface area (Å²) in [6.07, 6.45) is 3.42. The number of aryl methyl sites for hydroxylation is 1. The molecule has 1 heterocycles. The molecule has 0 spiro atoms. The van der Waals surface area contributed by atoms with Gasteiger partial charge in [-0.2, -0.15) is 0 Å². The van der Waals surface area contributed by atoms with Crippen molar-refractivity contribution in [1.29, 1.82) is 0 Å². The zero-order chi connectivity index (χ0) is 25.5. The number of anilines is 1. The van der Waals surface area contributed by atoms with E-state index in [0.29, 0.717) is 36.0 Å². The van der Waals surface area contributed by atoms with Crippen molar-refractivity contribution in [3.05, 3.63) is 95.1 Å². The second-order valence-electron chi connectivity index (χ2n) is 8.50. The van der Waals surface area contributed by atoms with E-state index in [4.69, 9.17) is 9.47 Å². The molecular formula is C29H28N2O5. The van der Waals surface area contributed by atoms with Gasteiger partial charge < -0.3 is 9.47 Å². The molecule has 7 nitrogen and oxygen atoms in total. The van der Waals surface area contributed by atoms with Crippen LogP contribution in [0.1, 0.15) is 36.5 Å². The number of hydrogen-bond acceptors (Lipinski definition) is 5. The molecular weight excluding hydrogens is 456 g/mol. The van der Waals surface area contributed by atoms with E-state index >= 15 is 0 Å². The van der Waals surface area contributed by atoms with Crippen LogP contribution in [0.2, 0.25) is 0 Å². The molecule has 3 aromatic carbocycles. The highest BCUT2D eigenvalue weighted by Crippen LogP contribution is 2.25. The molecule has 36 heavy (non-hydrogen) atoms. The van der Waals surface area contributed by atoms with Gasteiger partial charge in [-0.3, -0.25) is 14.9 Å². The third kappa shape index (κ3) is 5.99. The van der Waals surface area contributed by atoms with Crippen LogP contribution in [0.4, 0.5) is 10.5 Å². The highest BCUT2D eigenvalue weighted by atomic mass is 16.5. The molecule has 3 aromatic rings. The minimum absolute atomic E-state index is 0.133. The fourth-order valence-electron chi connectivity index (χ4n) is 3.60. The Morgan fingerprint density at radius 2 is 1.47 bits per heavy atom. The standard InChI is InChI=1S/C29H28N2O5/c1-3-4-17-35-24-15-11-23(12-16-24)31-28(33)26(27(32)30-29(31)34)18-21-9-13-25(14-10-21)36-19-22-7-5-20(2)6-8-22/h5-16,18H,3-4,17,19H2,1-2H3,(H,30,32,34)/b26-18-. The Bertz CT molecular complexity index is 1260. The normalized spacial score (nSPS) is 14.7. The number of carbonyl (C=O) groups is 3. The van der Waals surface area contributed by atoms with Crippen molar-refractivity contribution in [2.24, 2.45) is 0 Å². The molecule has 4 rings (SSSR count). The van der Waals surface area contributed by atoms with Crippen LogP contribution in [0, 0.1) is 6.92 Å². The summed E-state index contributed by atoms with van der Waals surface area (Å²) in [6, 6.07) is 21.0. The fraction of sp³-hybridized carbons (Fsp3) is 0.207. The van der Waals surface area contributed by atoms with E-state index in [9.17, 15) is 14.4 Å². The van der Waals surface area contributed by atoms with E-state index in [-0.39, 0.29) is 5.57 Å². The Kier molecular flexibility index (Phi) is 7.80. The number of amides is 4. The number of nitrogens with zero attached hydrogens (tertiary/aromatic N) is 1. The Hall–Kier alpha value is -4.39. The van der Waals surface area contributed by atoms with Crippen LogP contribution in [-0.4, -0.2) is 24.5 Å². The van der Waals surface area contributed by atoms with Crippen molar-refractivity contribution in [3.63, 3.8) is 0 Å². The third-order valence-electron chi connectivity index (χ3n) is 5.68. The molecule has 0 aromatic heterocycles. The molecule has 0 atom stereocenters. The zero-order valence-corrected chi connectivity index (χ0v) is 20.3. The van der Waals surface area contributed by atoms with E-state index in [0.717, 1.165) is 23.3 Å². The maximum atomic E-state index is 13.1. The van der Waals surface area contributed by atoms with Crippen LogP contribution in [0.15, 0.2) is 78.4 Å². The Labute approximate surface area is 210 Å². The quantitative estimate of drug-likeness (QED) is 0.249. The molecule has 1 N–H and O–H groups in total. The average molecular weight is 485 g/mol. The van der Waals surface area contributed by atoms with Crippen LogP contribution in [0.25, 0.3) is 6.08 Å². The first-order valence-electron chi connectivity index (χ1n) is 11.9. The van der Waals surface area contributed by atoms with Gasteiger partial charge in [0.2, 0.25) is 0 Å². The van der Waals surface area contributed by atoms with Gasteiger partial charge in [-0.15, -0.1) is 0 Å². The number of ether oxygens (including phenoxy) is 2. The molecule has 0 aliphatic carbocycles. The van der Waals surface area contributed by atoms with Crippen molar-refractivity contribution < 1.29 is 23.9 Å². The number of urea groups is 1. The summed E-state index contributed by atoms with van der Waals surface area (Å²) in [5.74, 6) is -0.118. The predicted octanol–water partition coefficient (Wildman–Crippen LogP) is 5.42. The minimum Gasteiger partial charge on any atom is -0.494 e. The van der Waals surface area contributed by atoms with Crippen LogP contribution in [-0.2, 0) is 16.2 Å². The fourth-order valence-corrected chi connectivity index (χ4v) is 3.60. The van der Waals surface area contributed by atoms with Crippen LogP contribution in [0.3, 0.4) is 0 Å². The smallest absolute Gasteiger partial charge is 0.335 e. The average Bonchev–Trinajstić information content (AvgIpc) is 2.88. The minimum atomic E-state index is -0.790. The molecule has 0 saturated carbocycles. The molecule has 1 aliphatic heterocycles. The number of nitrogens with one attached hydrogen (secondary N) is 1. The maximum absolute atomic E-state index is 13.1. The summed E-state index contributed by atoms with van der Waals surface area (Å²) in [5, 5.41) is 2.24. The monoisotopic (exact) mass is 484 g/mol. The summed E-state index contributed by atoms with van der Waals surface area (Å²) in [4.78, 5) is 39.0. The van der Waals surface area contributed by atoms with Gasteiger partial charge in [-0.05, 0) is 66.9 Å². The second-order valence-corrected chi connectivity index (χ2v) is 8.50.